The summed E-state index contributed by atoms with van der Waals surface area (Å²) in [4.78, 5) is 15.7. The lowest BCUT2D eigenvalue weighted by Gasteiger charge is -2.36. The Kier molecular flexibility index (Phi) is 7.69. The highest BCUT2D eigenvalue weighted by Gasteiger charge is 2.26. The number of hydrogen-bond donors (Lipinski definition) is 0. The largest absolute Gasteiger partial charge is 0.483 e. The molecule has 35 heavy (non-hydrogen) atoms. The van der Waals surface area contributed by atoms with Crippen molar-refractivity contribution in [2.45, 2.75) is 44.0 Å². The molecule has 0 amide bonds. The van der Waals surface area contributed by atoms with Gasteiger partial charge in [-0.2, -0.15) is 9.78 Å². The lowest BCUT2D eigenvalue weighted by atomic mass is 9.98. The van der Waals surface area contributed by atoms with Crippen LogP contribution < -0.4 is 15.2 Å². The molecule has 1 aliphatic carbocycles. The molecule has 1 aromatic heterocycles. The summed E-state index contributed by atoms with van der Waals surface area (Å²) in [6.07, 6.45) is 7.06. The minimum atomic E-state index is -0.404. The normalized spacial score (nSPS) is 17.5. The van der Waals surface area contributed by atoms with Crippen LogP contribution in [0.5, 0.6) is 5.75 Å². The fraction of sp³-hybridized carbons (Fsp3) is 0.407. The van der Waals surface area contributed by atoms with Gasteiger partial charge in [-0.05, 0) is 49.4 Å². The Balaban J connectivity index is 1.34. The number of piperazine rings is 1. The maximum Gasteiger partial charge on any atom is 0.316 e. The van der Waals surface area contributed by atoms with Gasteiger partial charge in [-0.15, -0.1) is 0 Å². The average molecular weight is 495 g/mol. The van der Waals surface area contributed by atoms with E-state index in [0.717, 1.165) is 63.3 Å². The molecule has 2 heterocycles. The van der Waals surface area contributed by atoms with E-state index in [1.807, 2.05) is 18.0 Å². The fourth-order valence-electron chi connectivity index (χ4n) is 4.70. The summed E-state index contributed by atoms with van der Waals surface area (Å²) < 4.78 is 23.8. The molecule has 2 aromatic carbocycles. The molecule has 5 rings (SSSR count). The van der Waals surface area contributed by atoms with Crippen molar-refractivity contribution in [1.82, 2.24) is 14.1 Å². The quantitative estimate of drug-likeness (QED) is 0.428. The molecular weight excluding hydrogens is 463 g/mol. The van der Waals surface area contributed by atoms with E-state index in [0.29, 0.717) is 11.4 Å². The van der Waals surface area contributed by atoms with Crippen LogP contribution >= 0.6 is 11.9 Å². The van der Waals surface area contributed by atoms with Crippen molar-refractivity contribution in [2.24, 2.45) is 0 Å². The van der Waals surface area contributed by atoms with Gasteiger partial charge >= 0.3 is 5.56 Å². The van der Waals surface area contributed by atoms with E-state index in [-0.39, 0.29) is 11.7 Å². The Morgan fingerprint density at radius 3 is 2.49 bits per heavy atom. The van der Waals surface area contributed by atoms with Crippen molar-refractivity contribution in [3.63, 3.8) is 0 Å². The predicted molar refractivity (Wildman–Crippen MR) is 139 cm³/mol. The van der Waals surface area contributed by atoms with E-state index in [1.165, 1.54) is 28.8 Å². The second kappa shape index (κ2) is 11.3. The average Bonchev–Trinajstić information content (AvgIpc) is 2.90. The third-order valence-corrected chi connectivity index (χ3v) is 7.83. The second-order valence-corrected chi connectivity index (χ2v) is 10.2. The standard InChI is InChI=1S/C27H31FN4O2S/c28-22-10-7-11-23(18-22)32-27(33)26(34-24-12-5-2-6-13-24)25(19-29-32)30-14-16-31(17-15-30)35-20-21-8-3-1-4-9-21/h1,3-4,7-11,18-19,24H,2,5-6,12-17,20H2. The van der Waals surface area contributed by atoms with Gasteiger partial charge in [0, 0.05) is 31.9 Å². The van der Waals surface area contributed by atoms with Crippen molar-refractivity contribution in [3.05, 3.63) is 82.5 Å². The number of benzene rings is 2. The number of rotatable bonds is 7. The molecule has 0 bridgehead atoms. The summed E-state index contributed by atoms with van der Waals surface area (Å²) in [6, 6.07) is 16.4. The highest BCUT2D eigenvalue weighted by molar-refractivity contribution is 7.96. The first-order valence-electron chi connectivity index (χ1n) is 12.4. The van der Waals surface area contributed by atoms with Gasteiger partial charge in [-0.1, -0.05) is 54.8 Å². The summed E-state index contributed by atoms with van der Waals surface area (Å²) in [6.45, 7) is 3.34. The molecule has 2 aliphatic rings. The number of anilines is 1. The van der Waals surface area contributed by atoms with Gasteiger partial charge in [0.05, 0.1) is 18.0 Å². The molecule has 2 fully saturated rings. The van der Waals surface area contributed by atoms with Gasteiger partial charge < -0.3 is 9.64 Å². The lowest BCUT2D eigenvalue weighted by molar-refractivity contribution is 0.152. The molecule has 0 unspecified atom stereocenters. The Hall–Kier alpha value is -2.84. The molecule has 1 saturated carbocycles. The molecule has 184 valence electrons. The van der Waals surface area contributed by atoms with Gasteiger partial charge in [0.2, 0.25) is 5.75 Å². The molecule has 1 saturated heterocycles. The van der Waals surface area contributed by atoms with E-state index in [4.69, 9.17) is 4.74 Å². The minimum Gasteiger partial charge on any atom is -0.483 e. The predicted octanol–water partition coefficient (Wildman–Crippen LogP) is 5.05. The van der Waals surface area contributed by atoms with Crippen LogP contribution in [0.4, 0.5) is 10.1 Å². The van der Waals surface area contributed by atoms with E-state index < -0.39 is 5.82 Å². The van der Waals surface area contributed by atoms with Gasteiger partial charge in [-0.3, -0.25) is 4.79 Å². The Morgan fingerprint density at radius 2 is 1.74 bits per heavy atom. The molecular formula is C27H31FN4O2S. The van der Waals surface area contributed by atoms with Gasteiger partial charge in [0.15, 0.2) is 0 Å². The van der Waals surface area contributed by atoms with Crippen molar-refractivity contribution in [1.29, 1.82) is 0 Å². The monoisotopic (exact) mass is 494 g/mol. The molecule has 6 nitrogen and oxygen atoms in total. The maximum absolute atomic E-state index is 13.8. The SMILES string of the molecule is O=c1c(OC2CCCCC2)c(N2CCN(SCc3ccccc3)CC2)cnn1-c1cccc(F)c1. The smallest absolute Gasteiger partial charge is 0.316 e. The zero-order valence-corrected chi connectivity index (χ0v) is 20.6. The number of hydrogen-bond acceptors (Lipinski definition) is 6. The fourth-order valence-corrected chi connectivity index (χ4v) is 5.65. The number of aromatic nitrogens is 2. The van der Waals surface area contributed by atoms with Crippen LogP contribution in [0, 0.1) is 5.82 Å². The number of halogens is 1. The van der Waals surface area contributed by atoms with E-state index in [9.17, 15) is 9.18 Å². The zero-order valence-electron chi connectivity index (χ0n) is 19.8. The van der Waals surface area contributed by atoms with Gasteiger partial charge in [-0.25, -0.2) is 8.70 Å². The molecule has 0 radical (unpaired) electrons. The minimum absolute atomic E-state index is 0.0290. The maximum atomic E-state index is 13.8. The van der Waals surface area contributed by atoms with Gasteiger partial charge in [0.1, 0.15) is 11.5 Å². The van der Waals surface area contributed by atoms with Crippen LogP contribution in [0.15, 0.2) is 65.6 Å². The van der Waals surface area contributed by atoms with Crippen LogP contribution in [-0.4, -0.2) is 46.4 Å². The van der Waals surface area contributed by atoms with Crippen molar-refractivity contribution >= 4 is 17.6 Å². The third kappa shape index (κ3) is 5.87. The van der Waals surface area contributed by atoms with E-state index in [1.54, 1.807) is 18.3 Å². The molecule has 0 N–H and O–H groups in total. The van der Waals surface area contributed by atoms with E-state index >= 15 is 0 Å². The van der Waals surface area contributed by atoms with Crippen LogP contribution in [0.1, 0.15) is 37.7 Å². The topological polar surface area (TPSA) is 50.6 Å². The Morgan fingerprint density at radius 1 is 0.971 bits per heavy atom. The first-order chi connectivity index (χ1) is 17.2. The Bertz CT molecular complexity index is 1180. The molecule has 3 aromatic rings. The third-order valence-electron chi connectivity index (χ3n) is 6.64. The second-order valence-electron chi connectivity index (χ2n) is 9.11. The number of ether oxygens (including phenoxy) is 1. The first kappa shape index (κ1) is 23.9. The van der Waals surface area contributed by atoms with Crippen LogP contribution in [0.25, 0.3) is 5.69 Å². The van der Waals surface area contributed by atoms with Crippen LogP contribution in [0.3, 0.4) is 0 Å². The summed E-state index contributed by atoms with van der Waals surface area (Å²) in [5.74, 6) is 0.878. The molecule has 1 aliphatic heterocycles. The lowest BCUT2D eigenvalue weighted by Crippen LogP contribution is -2.44. The molecule has 0 atom stereocenters. The summed E-state index contributed by atoms with van der Waals surface area (Å²) >= 11 is 1.84. The molecule has 0 spiro atoms. The van der Waals surface area contributed by atoms with Crippen molar-refractivity contribution < 1.29 is 9.13 Å². The van der Waals surface area contributed by atoms with Gasteiger partial charge in [0.25, 0.3) is 0 Å². The van der Waals surface area contributed by atoms with Crippen molar-refractivity contribution in [2.75, 3.05) is 31.1 Å². The highest BCUT2D eigenvalue weighted by atomic mass is 32.2. The van der Waals surface area contributed by atoms with E-state index in [2.05, 4.69) is 38.6 Å². The first-order valence-corrected chi connectivity index (χ1v) is 13.3. The Labute approximate surface area is 209 Å². The van der Waals surface area contributed by atoms with Crippen LogP contribution in [0.2, 0.25) is 0 Å². The summed E-state index contributed by atoms with van der Waals surface area (Å²) in [5, 5.41) is 4.41. The highest BCUT2D eigenvalue weighted by Crippen LogP contribution is 2.30. The van der Waals surface area contributed by atoms with Crippen molar-refractivity contribution in [3.8, 4) is 11.4 Å². The summed E-state index contributed by atoms with van der Waals surface area (Å²) in [5.41, 5.74) is 2.12. The number of nitrogens with zero attached hydrogens (tertiary/aromatic N) is 4. The summed E-state index contributed by atoms with van der Waals surface area (Å²) in [7, 11) is 0. The zero-order chi connectivity index (χ0) is 24.0. The van der Waals surface area contributed by atoms with Crippen LogP contribution in [-0.2, 0) is 5.75 Å². The molecule has 8 heteroatoms.